The van der Waals surface area contributed by atoms with Crippen molar-refractivity contribution in [3.8, 4) is 22.9 Å². The van der Waals surface area contributed by atoms with Gasteiger partial charge in [0.1, 0.15) is 11.2 Å². The van der Waals surface area contributed by atoms with Crippen molar-refractivity contribution in [1.29, 1.82) is 0 Å². The van der Waals surface area contributed by atoms with Gasteiger partial charge in [-0.1, -0.05) is 35.0 Å². The van der Waals surface area contributed by atoms with Crippen LogP contribution in [0.15, 0.2) is 46.2 Å². The zero-order chi connectivity index (χ0) is 27.9. The van der Waals surface area contributed by atoms with Gasteiger partial charge in [-0.2, -0.15) is 4.98 Å². The zero-order valence-corrected chi connectivity index (χ0v) is 23.7. The lowest BCUT2D eigenvalue weighted by Crippen LogP contribution is -2.50. The van der Waals surface area contributed by atoms with E-state index in [0.29, 0.717) is 40.2 Å². The normalized spacial score (nSPS) is 24.9. The Kier molecular flexibility index (Phi) is 7.12. The van der Waals surface area contributed by atoms with Crippen molar-refractivity contribution in [2.45, 2.75) is 57.5 Å². The second-order valence-corrected chi connectivity index (χ2v) is 12.0. The molecule has 41 heavy (non-hydrogen) atoms. The zero-order valence-electron chi connectivity index (χ0n) is 23.0. The molecule has 1 saturated carbocycles. The Hall–Kier alpha value is -3.50. The molecule has 0 bridgehead atoms. The molecule has 0 spiro atoms. The van der Waals surface area contributed by atoms with Gasteiger partial charge < -0.3 is 14.2 Å². The topological polar surface area (TPSA) is 115 Å². The molecule has 11 heteroatoms. The summed E-state index contributed by atoms with van der Waals surface area (Å²) in [7, 11) is 0. The largest absolute Gasteiger partial charge is 0.439 e. The maximum atomic E-state index is 11.8. The Balaban J connectivity index is 1.42. The van der Waals surface area contributed by atoms with Crippen molar-refractivity contribution in [2.24, 2.45) is 17.8 Å². The van der Waals surface area contributed by atoms with Gasteiger partial charge in [-0.15, -0.1) is 6.58 Å². The molecule has 0 amide bonds. The molecule has 214 valence electrons. The van der Waals surface area contributed by atoms with Gasteiger partial charge in [0, 0.05) is 42.2 Å². The average molecular weight is 576 g/mol. The third-order valence-electron chi connectivity index (χ3n) is 9.06. The van der Waals surface area contributed by atoms with Crippen LogP contribution in [0.25, 0.3) is 34.1 Å². The average Bonchev–Trinajstić information content (AvgIpc) is 3.60. The fourth-order valence-corrected chi connectivity index (χ4v) is 7.15. The van der Waals surface area contributed by atoms with E-state index in [1.807, 2.05) is 24.3 Å². The highest BCUT2D eigenvalue weighted by Crippen LogP contribution is 2.39. The molecule has 2 atom stereocenters. The van der Waals surface area contributed by atoms with Gasteiger partial charge in [-0.3, -0.25) is 9.51 Å². The molecular weight excluding hydrogens is 542 g/mol. The summed E-state index contributed by atoms with van der Waals surface area (Å²) in [5, 5.41) is 4.48. The first kappa shape index (κ1) is 26.4. The Morgan fingerprint density at radius 3 is 2.78 bits per heavy atom. The van der Waals surface area contributed by atoms with E-state index in [1.165, 1.54) is 6.42 Å². The molecule has 3 fully saturated rings. The number of fused-ring (bicyclic) bond motifs is 2. The molecule has 5 heterocycles. The van der Waals surface area contributed by atoms with Crippen LogP contribution in [0.4, 0.5) is 5.95 Å². The van der Waals surface area contributed by atoms with Crippen LogP contribution >= 0.6 is 11.6 Å². The van der Waals surface area contributed by atoms with Gasteiger partial charge in [0.2, 0.25) is 17.6 Å². The number of rotatable bonds is 6. The summed E-state index contributed by atoms with van der Waals surface area (Å²) in [6.45, 7) is 7.37. The third-order valence-corrected chi connectivity index (χ3v) is 9.30. The van der Waals surface area contributed by atoms with Gasteiger partial charge >= 0.3 is 5.76 Å². The van der Waals surface area contributed by atoms with Crippen molar-refractivity contribution in [1.82, 2.24) is 29.7 Å². The minimum Gasteiger partial charge on any atom is -0.381 e. The lowest BCUT2D eigenvalue weighted by Gasteiger charge is -2.44. The van der Waals surface area contributed by atoms with Crippen LogP contribution in [-0.2, 0) is 11.3 Å². The molecule has 2 unspecified atom stereocenters. The Morgan fingerprint density at radius 2 is 2.00 bits per heavy atom. The molecular formula is C30H34ClN7O3. The van der Waals surface area contributed by atoms with Crippen LogP contribution < -0.4 is 10.7 Å². The highest BCUT2D eigenvalue weighted by Gasteiger charge is 2.37. The number of hydrogen-bond acceptors (Lipinski definition) is 8. The molecule has 1 aliphatic carbocycles. The summed E-state index contributed by atoms with van der Waals surface area (Å²) in [5.74, 6) is 2.29. The number of nitrogens with one attached hydrogen (secondary N) is 1. The summed E-state index contributed by atoms with van der Waals surface area (Å²) in [6.07, 6.45) is 9.94. The summed E-state index contributed by atoms with van der Waals surface area (Å²) in [6, 6.07) is 8.03. The van der Waals surface area contributed by atoms with Crippen molar-refractivity contribution >= 4 is 28.7 Å². The van der Waals surface area contributed by atoms with Gasteiger partial charge in [-0.05, 0) is 68.9 Å². The van der Waals surface area contributed by atoms with E-state index in [1.54, 1.807) is 0 Å². The molecule has 2 saturated heterocycles. The highest BCUT2D eigenvalue weighted by molar-refractivity contribution is 6.30. The monoisotopic (exact) mass is 575 g/mol. The van der Waals surface area contributed by atoms with Crippen molar-refractivity contribution < 1.29 is 9.26 Å². The Labute approximate surface area is 242 Å². The first-order valence-corrected chi connectivity index (χ1v) is 15.0. The molecule has 10 nitrogen and oxygen atoms in total. The summed E-state index contributed by atoms with van der Waals surface area (Å²) >= 11 is 6.46. The Bertz CT molecular complexity index is 1620. The van der Waals surface area contributed by atoms with Gasteiger partial charge in [0.25, 0.3) is 0 Å². The number of aromatic amines is 1. The predicted octanol–water partition coefficient (Wildman–Crippen LogP) is 5.49. The predicted molar refractivity (Wildman–Crippen MR) is 157 cm³/mol. The number of hydrogen-bond donors (Lipinski definition) is 1. The minimum atomic E-state index is -0.659. The van der Waals surface area contributed by atoms with E-state index in [9.17, 15) is 4.79 Å². The SMILES string of the molecule is C=C[C@H]1CC[C@H](Cn2c(N3CCCC4COCCC43)nc3nc(-c4noc(=O)[nH]4)nc(-c4cccc(Cl)c4)c32)CC1. The third kappa shape index (κ3) is 5.08. The number of piperidine rings is 1. The Morgan fingerprint density at radius 1 is 1.12 bits per heavy atom. The van der Waals surface area contributed by atoms with Crippen LogP contribution in [0.2, 0.25) is 5.02 Å². The maximum absolute atomic E-state index is 11.8. The fraction of sp³-hybridized carbons (Fsp3) is 0.500. The molecule has 3 aromatic heterocycles. The van der Waals surface area contributed by atoms with Gasteiger partial charge in [0.15, 0.2) is 5.65 Å². The van der Waals surface area contributed by atoms with E-state index in [-0.39, 0.29) is 11.6 Å². The summed E-state index contributed by atoms with van der Waals surface area (Å²) in [4.78, 5) is 31.9. The summed E-state index contributed by atoms with van der Waals surface area (Å²) in [5.41, 5.74) is 2.99. The lowest BCUT2D eigenvalue weighted by molar-refractivity contribution is 0.0278. The van der Waals surface area contributed by atoms with Crippen LogP contribution in [0.1, 0.15) is 44.9 Å². The highest BCUT2D eigenvalue weighted by atomic mass is 35.5. The number of allylic oxidation sites excluding steroid dienone is 1. The first-order valence-electron chi connectivity index (χ1n) is 14.6. The molecule has 4 aromatic rings. The fourth-order valence-electron chi connectivity index (χ4n) is 6.96. The van der Waals surface area contributed by atoms with E-state index in [4.69, 9.17) is 35.8 Å². The number of H-pyrrole nitrogens is 1. The number of benzene rings is 1. The number of imidazole rings is 1. The van der Waals surface area contributed by atoms with Gasteiger partial charge in [0.05, 0.1) is 6.61 Å². The molecule has 3 aliphatic rings. The molecule has 7 rings (SSSR count). The van der Waals surface area contributed by atoms with Crippen LogP contribution in [0, 0.1) is 17.8 Å². The minimum absolute atomic E-state index is 0.168. The smallest absolute Gasteiger partial charge is 0.381 e. The maximum Gasteiger partial charge on any atom is 0.439 e. The second-order valence-electron chi connectivity index (χ2n) is 11.6. The number of anilines is 1. The second kappa shape index (κ2) is 11.1. The van der Waals surface area contributed by atoms with Crippen LogP contribution in [-0.4, -0.2) is 55.5 Å². The van der Waals surface area contributed by atoms with Crippen molar-refractivity contribution in [2.75, 3.05) is 24.7 Å². The van der Waals surface area contributed by atoms with Crippen molar-refractivity contribution in [3.63, 3.8) is 0 Å². The number of halogens is 1. The standard InChI is InChI=1S/C30H34ClN7O3/c1-2-18-8-10-19(11-9-18)16-38-25-24(20-5-3-7-22(31)15-20)32-27(28-35-30(39)41-36-28)33-26(25)34-29(38)37-13-4-6-21-17-40-14-12-23(21)37/h2-3,5,7,15,18-19,21,23H,1,4,6,8-14,16-17H2,(H,35,36,39)/t18-,19-,21?,23?. The van der Waals surface area contributed by atoms with E-state index in [0.717, 1.165) is 81.9 Å². The number of ether oxygens (including phenoxy) is 1. The van der Waals surface area contributed by atoms with E-state index in [2.05, 4.69) is 32.3 Å². The van der Waals surface area contributed by atoms with E-state index >= 15 is 0 Å². The quantitative estimate of drug-likeness (QED) is 0.300. The van der Waals surface area contributed by atoms with Crippen molar-refractivity contribution in [3.05, 3.63) is 52.5 Å². The molecule has 2 aliphatic heterocycles. The van der Waals surface area contributed by atoms with Gasteiger partial charge in [-0.25, -0.2) is 14.8 Å². The summed E-state index contributed by atoms with van der Waals surface area (Å²) < 4.78 is 13.0. The first-order chi connectivity index (χ1) is 20.1. The number of aromatic nitrogens is 6. The van der Waals surface area contributed by atoms with Crippen LogP contribution in [0.3, 0.4) is 0 Å². The molecule has 0 radical (unpaired) electrons. The number of nitrogens with zero attached hydrogens (tertiary/aromatic N) is 6. The molecule has 1 N–H and O–H groups in total. The van der Waals surface area contributed by atoms with E-state index < -0.39 is 5.76 Å². The molecule has 1 aromatic carbocycles. The lowest BCUT2D eigenvalue weighted by atomic mass is 9.82. The van der Waals surface area contributed by atoms with Crippen LogP contribution in [0.5, 0.6) is 0 Å².